The van der Waals surface area contributed by atoms with Crippen LogP contribution in [0.15, 0.2) is 12.2 Å². The van der Waals surface area contributed by atoms with Gasteiger partial charge in [-0.15, -0.1) is 0 Å². The molecule has 1 unspecified atom stereocenters. The quantitative estimate of drug-likeness (QED) is 0.278. The van der Waals surface area contributed by atoms with E-state index in [1.165, 1.54) is 0 Å². The van der Waals surface area contributed by atoms with Crippen molar-refractivity contribution in [2.75, 3.05) is 26.4 Å². The number of hydrogen-bond donors (Lipinski definition) is 1. The molecular weight excluding hydrogens is 247 g/mol. The third-order valence-electron chi connectivity index (χ3n) is 1.72. The number of unbranched alkanes of at least 4 members (excludes halogenated alkanes) is 1. The lowest BCUT2D eigenvalue weighted by Crippen LogP contribution is -2.11. The zero-order chi connectivity index (χ0) is 13.1. The van der Waals surface area contributed by atoms with E-state index in [9.17, 15) is 9.36 Å². The Morgan fingerprint density at radius 1 is 1.24 bits per heavy atom. The standard InChI is InChI=1S/C10H19O6P/c1-9(2)10(11)15-8-7-14-5-3-4-6-16-17(12)13/h17H,1,3-8H2,2H3,(H,12,13). The molecule has 0 aliphatic carbocycles. The summed E-state index contributed by atoms with van der Waals surface area (Å²) in [6, 6.07) is 0. The van der Waals surface area contributed by atoms with Crippen molar-refractivity contribution < 1.29 is 28.3 Å². The molecule has 1 atom stereocenters. The van der Waals surface area contributed by atoms with Crippen molar-refractivity contribution in [3.8, 4) is 0 Å². The summed E-state index contributed by atoms with van der Waals surface area (Å²) < 4.78 is 24.6. The Labute approximate surface area is 102 Å². The van der Waals surface area contributed by atoms with Crippen LogP contribution in [0, 0.1) is 0 Å². The fraction of sp³-hybridized carbons (Fsp3) is 0.700. The molecule has 0 radical (unpaired) electrons. The molecule has 0 rings (SSSR count). The molecule has 100 valence electrons. The lowest BCUT2D eigenvalue weighted by molar-refractivity contribution is -0.140. The highest BCUT2D eigenvalue weighted by atomic mass is 31.1. The maximum absolute atomic E-state index is 10.9. The molecule has 0 saturated carbocycles. The van der Waals surface area contributed by atoms with Crippen molar-refractivity contribution in [3.63, 3.8) is 0 Å². The second-order valence-corrected chi connectivity index (χ2v) is 4.17. The van der Waals surface area contributed by atoms with Crippen LogP contribution in [0.3, 0.4) is 0 Å². The zero-order valence-electron chi connectivity index (χ0n) is 9.94. The molecule has 0 aromatic rings. The van der Waals surface area contributed by atoms with E-state index in [1.807, 2.05) is 0 Å². The summed E-state index contributed by atoms with van der Waals surface area (Å²) in [4.78, 5) is 19.3. The van der Waals surface area contributed by atoms with E-state index < -0.39 is 14.2 Å². The van der Waals surface area contributed by atoms with Crippen LogP contribution in [0.5, 0.6) is 0 Å². The van der Waals surface area contributed by atoms with Crippen LogP contribution in [-0.2, 0) is 23.4 Å². The van der Waals surface area contributed by atoms with Crippen molar-refractivity contribution in [1.82, 2.24) is 0 Å². The molecule has 0 bridgehead atoms. The van der Waals surface area contributed by atoms with Gasteiger partial charge in [-0.1, -0.05) is 6.58 Å². The highest BCUT2D eigenvalue weighted by Crippen LogP contribution is 2.14. The predicted octanol–water partition coefficient (Wildman–Crippen LogP) is 1.30. The number of carbonyl (C=O) groups is 1. The summed E-state index contributed by atoms with van der Waals surface area (Å²) in [5.74, 6) is -0.421. The van der Waals surface area contributed by atoms with Gasteiger partial charge in [-0.3, -0.25) is 4.57 Å². The summed E-state index contributed by atoms with van der Waals surface area (Å²) >= 11 is 0. The van der Waals surface area contributed by atoms with Crippen molar-refractivity contribution in [3.05, 3.63) is 12.2 Å². The van der Waals surface area contributed by atoms with Gasteiger partial charge in [0.2, 0.25) is 0 Å². The minimum absolute atomic E-state index is 0.201. The van der Waals surface area contributed by atoms with Gasteiger partial charge in [0.1, 0.15) is 6.61 Å². The first-order valence-electron chi connectivity index (χ1n) is 5.30. The van der Waals surface area contributed by atoms with Crippen molar-refractivity contribution in [2.45, 2.75) is 19.8 Å². The highest BCUT2D eigenvalue weighted by molar-refractivity contribution is 7.32. The first-order valence-corrected chi connectivity index (χ1v) is 6.56. The summed E-state index contributed by atoms with van der Waals surface area (Å²) in [6.07, 6.45) is 1.38. The molecule has 0 fully saturated rings. The van der Waals surface area contributed by atoms with Gasteiger partial charge in [-0.2, -0.15) is 0 Å². The normalized spacial score (nSPS) is 12.1. The third kappa shape index (κ3) is 11.6. The second kappa shape index (κ2) is 10.5. The molecule has 0 aliphatic rings. The van der Waals surface area contributed by atoms with Gasteiger partial charge in [0, 0.05) is 12.2 Å². The molecule has 6 nitrogen and oxygen atoms in total. The van der Waals surface area contributed by atoms with Crippen LogP contribution in [0.4, 0.5) is 0 Å². The van der Waals surface area contributed by atoms with Crippen molar-refractivity contribution in [1.29, 1.82) is 0 Å². The molecule has 0 aliphatic heterocycles. The fourth-order valence-corrected chi connectivity index (χ4v) is 1.20. The summed E-state index contributed by atoms with van der Waals surface area (Å²) in [5, 5.41) is 0. The average Bonchev–Trinajstić information content (AvgIpc) is 2.25. The van der Waals surface area contributed by atoms with Crippen LogP contribution in [-0.4, -0.2) is 37.3 Å². The molecule has 0 saturated heterocycles. The Hall–Kier alpha value is -0.680. The SMILES string of the molecule is C=C(C)C(=O)OCCOCCCCO[PH](=O)O. The van der Waals surface area contributed by atoms with Gasteiger partial charge >= 0.3 is 14.2 Å². The van der Waals surface area contributed by atoms with Gasteiger partial charge in [0.25, 0.3) is 0 Å². The van der Waals surface area contributed by atoms with Gasteiger partial charge in [0.15, 0.2) is 0 Å². The smallest absolute Gasteiger partial charge is 0.333 e. The Morgan fingerprint density at radius 2 is 1.88 bits per heavy atom. The van der Waals surface area contributed by atoms with E-state index in [0.717, 1.165) is 6.42 Å². The number of carbonyl (C=O) groups excluding carboxylic acids is 1. The predicted molar refractivity (Wildman–Crippen MR) is 63.0 cm³/mol. The van der Waals surface area contributed by atoms with E-state index in [0.29, 0.717) is 25.2 Å². The largest absolute Gasteiger partial charge is 0.460 e. The van der Waals surface area contributed by atoms with Crippen LogP contribution in [0.2, 0.25) is 0 Å². The number of esters is 1. The van der Waals surface area contributed by atoms with Crippen molar-refractivity contribution in [2.24, 2.45) is 0 Å². The van der Waals surface area contributed by atoms with E-state index in [-0.39, 0.29) is 13.2 Å². The molecule has 7 heteroatoms. The number of ether oxygens (including phenoxy) is 2. The first-order chi connectivity index (χ1) is 8.04. The molecular formula is C10H19O6P. The topological polar surface area (TPSA) is 82.1 Å². The molecule has 0 amide bonds. The van der Waals surface area contributed by atoms with Gasteiger partial charge in [-0.05, 0) is 19.8 Å². The third-order valence-corrected chi connectivity index (χ3v) is 2.17. The van der Waals surface area contributed by atoms with Crippen LogP contribution in [0.1, 0.15) is 19.8 Å². The molecule has 0 heterocycles. The first kappa shape index (κ1) is 16.3. The van der Waals surface area contributed by atoms with Crippen molar-refractivity contribution >= 4 is 14.2 Å². The summed E-state index contributed by atoms with van der Waals surface area (Å²) in [5.41, 5.74) is 0.362. The highest BCUT2D eigenvalue weighted by Gasteiger charge is 2.01. The van der Waals surface area contributed by atoms with E-state index in [2.05, 4.69) is 11.1 Å². The lowest BCUT2D eigenvalue weighted by Gasteiger charge is -2.05. The fourth-order valence-electron chi connectivity index (χ4n) is 0.884. The van der Waals surface area contributed by atoms with E-state index in [1.54, 1.807) is 6.92 Å². The van der Waals surface area contributed by atoms with Gasteiger partial charge < -0.3 is 18.9 Å². The van der Waals surface area contributed by atoms with Gasteiger partial charge in [0.05, 0.1) is 13.2 Å². The maximum Gasteiger partial charge on any atom is 0.333 e. The Kier molecular flexibility index (Phi) is 10.1. The molecule has 0 spiro atoms. The molecule has 0 aromatic heterocycles. The average molecular weight is 266 g/mol. The Bertz CT molecular complexity index is 266. The van der Waals surface area contributed by atoms with E-state index >= 15 is 0 Å². The lowest BCUT2D eigenvalue weighted by atomic mass is 10.3. The molecule has 1 N–H and O–H groups in total. The Morgan fingerprint density at radius 3 is 2.47 bits per heavy atom. The summed E-state index contributed by atoms with van der Waals surface area (Å²) in [6.45, 7) is 6.31. The van der Waals surface area contributed by atoms with Gasteiger partial charge in [-0.25, -0.2) is 4.79 Å². The van der Waals surface area contributed by atoms with Crippen LogP contribution < -0.4 is 0 Å². The monoisotopic (exact) mass is 266 g/mol. The molecule has 17 heavy (non-hydrogen) atoms. The van der Waals surface area contributed by atoms with E-state index in [4.69, 9.17) is 14.4 Å². The zero-order valence-corrected chi connectivity index (χ0v) is 10.9. The van der Waals surface area contributed by atoms with Crippen LogP contribution >= 0.6 is 8.25 Å². The second-order valence-electron chi connectivity index (χ2n) is 3.35. The summed E-state index contributed by atoms with van der Waals surface area (Å²) in [7, 11) is -2.81. The Balaban J connectivity index is 3.16. The number of hydrogen-bond acceptors (Lipinski definition) is 5. The molecule has 0 aromatic carbocycles. The minimum atomic E-state index is -2.81. The van der Waals surface area contributed by atoms with Crippen LogP contribution in [0.25, 0.3) is 0 Å². The minimum Gasteiger partial charge on any atom is -0.460 e. The maximum atomic E-state index is 10.9. The number of rotatable bonds is 10.